The fraction of sp³-hybridized carbons (Fsp3) is 0.615. The summed E-state index contributed by atoms with van der Waals surface area (Å²) in [6, 6.07) is 3.55. The predicted octanol–water partition coefficient (Wildman–Crippen LogP) is 0.957. The van der Waals surface area contributed by atoms with Crippen molar-refractivity contribution >= 4 is 15.9 Å². The van der Waals surface area contributed by atoms with Crippen molar-refractivity contribution in [1.29, 1.82) is 0 Å². The van der Waals surface area contributed by atoms with E-state index in [1.807, 2.05) is 0 Å². The van der Waals surface area contributed by atoms with Crippen molar-refractivity contribution in [3.05, 3.63) is 24.2 Å². The maximum atomic E-state index is 12.1. The van der Waals surface area contributed by atoms with Crippen LogP contribution in [0.15, 0.2) is 22.8 Å². The molecule has 1 atom stereocenters. The fourth-order valence-corrected chi connectivity index (χ4v) is 3.50. The molecule has 1 aromatic rings. The van der Waals surface area contributed by atoms with Gasteiger partial charge in [-0.25, -0.2) is 12.7 Å². The van der Waals surface area contributed by atoms with Gasteiger partial charge in [0.15, 0.2) is 0 Å². The van der Waals surface area contributed by atoms with Gasteiger partial charge in [0.25, 0.3) is 0 Å². The third kappa shape index (κ3) is 3.61. The zero-order valence-corrected chi connectivity index (χ0v) is 12.4. The molecule has 0 aromatic carbocycles. The van der Waals surface area contributed by atoms with E-state index in [0.29, 0.717) is 18.8 Å². The van der Waals surface area contributed by atoms with Crippen molar-refractivity contribution in [1.82, 2.24) is 9.62 Å². The molecular formula is C13H20N2O4S. The average Bonchev–Trinajstić information content (AvgIpc) is 2.98. The number of furan rings is 1. The predicted molar refractivity (Wildman–Crippen MR) is 74.3 cm³/mol. The van der Waals surface area contributed by atoms with Crippen LogP contribution in [0.3, 0.4) is 0 Å². The maximum absolute atomic E-state index is 12.1. The Labute approximate surface area is 119 Å². The molecule has 20 heavy (non-hydrogen) atoms. The van der Waals surface area contributed by atoms with Crippen molar-refractivity contribution in [2.45, 2.75) is 26.3 Å². The molecule has 1 amide bonds. The smallest absolute Gasteiger partial charge is 0.224 e. The Kier molecular flexibility index (Phi) is 4.82. The number of carbonyl (C=O) groups is 1. The number of nitrogens with zero attached hydrogens (tertiary/aromatic N) is 1. The van der Waals surface area contributed by atoms with Crippen LogP contribution in [0.1, 0.15) is 25.5 Å². The Bertz CT molecular complexity index is 539. The molecule has 0 radical (unpaired) electrons. The highest BCUT2D eigenvalue weighted by molar-refractivity contribution is 7.89. The van der Waals surface area contributed by atoms with Crippen molar-refractivity contribution in [2.24, 2.45) is 5.92 Å². The number of amides is 1. The van der Waals surface area contributed by atoms with Crippen molar-refractivity contribution in [2.75, 3.05) is 18.8 Å². The minimum absolute atomic E-state index is 0.0771. The van der Waals surface area contributed by atoms with Gasteiger partial charge in [-0.3, -0.25) is 4.79 Å². The molecule has 0 saturated carbocycles. The van der Waals surface area contributed by atoms with E-state index in [0.717, 1.165) is 12.8 Å². The van der Waals surface area contributed by atoms with E-state index in [4.69, 9.17) is 4.42 Å². The molecule has 1 unspecified atom stereocenters. The van der Waals surface area contributed by atoms with Gasteiger partial charge >= 0.3 is 0 Å². The monoisotopic (exact) mass is 300 g/mol. The second-order valence-electron chi connectivity index (χ2n) is 4.89. The normalized spacial score (nSPS) is 20.8. The summed E-state index contributed by atoms with van der Waals surface area (Å²) in [7, 11) is -3.21. The highest BCUT2D eigenvalue weighted by Gasteiger charge is 2.31. The zero-order valence-electron chi connectivity index (χ0n) is 11.5. The fourth-order valence-electron chi connectivity index (χ4n) is 2.32. The molecule has 0 aliphatic carbocycles. The van der Waals surface area contributed by atoms with Gasteiger partial charge in [-0.05, 0) is 31.9 Å². The highest BCUT2D eigenvalue weighted by Crippen LogP contribution is 2.19. The summed E-state index contributed by atoms with van der Waals surface area (Å²) in [5, 5.41) is 2.79. The van der Waals surface area contributed by atoms with E-state index in [9.17, 15) is 13.2 Å². The third-order valence-electron chi connectivity index (χ3n) is 3.53. The molecule has 1 aromatic heterocycles. The van der Waals surface area contributed by atoms with Gasteiger partial charge in [-0.1, -0.05) is 0 Å². The first-order valence-corrected chi connectivity index (χ1v) is 8.41. The number of rotatable bonds is 5. The van der Waals surface area contributed by atoms with Gasteiger partial charge in [-0.15, -0.1) is 0 Å². The number of piperidine rings is 1. The topological polar surface area (TPSA) is 79.6 Å². The standard InChI is InChI=1S/C13H20N2O4S/c1-2-20(17,18)15-7-3-5-11(10-15)13(16)14-9-12-6-4-8-19-12/h4,6,8,11H,2-3,5,7,9-10H2,1H3,(H,14,16). The molecule has 7 heteroatoms. The van der Waals surface area contributed by atoms with Gasteiger partial charge in [0, 0.05) is 13.1 Å². The molecule has 2 heterocycles. The number of sulfonamides is 1. The summed E-state index contributed by atoms with van der Waals surface area (Å²) in [5.74, 6) is 0.373. The first kappa shape index (κ1) is 15.1. The lowest BCUT2D eigenvalue weighted by Crippen LogP contribution is -2.45. The van der Waals surface area contributed by atoms with Gasteiger partial charge in [0.05, 0.1) is 24.5 Å². The SMILES string of the molecule is CCS(=O)(=O)N1CCCC(C(=O)NCc2ccco2)C1. The van der Waals surface area contributed by atoms with E-state index in [2.05, 4.69) is 5.32 Å². The summed E-state index contributed by atoms with van der Waals surface area (Å²) < 4.78 is 30.3. The molecule has 1 N–H and O–H groups in total. The minimum atomic E-state index is -3.21. The van der Waals surface area contributed by atoms with Gasteiger partial charge in [0.2, 0.25) is 15.9 Å². The lowest BCUT2D eigenvalue weighted by molar-refractivity contribution is -0.126. The Balaban J connectivity index is 1.90. The zero-order chi connectivity index (χ0) is 14.6. The van der Waals surface area contributed by atoms with Gasteiger partial charge < -0.3 is 9.73 Å². The summed E-state index contributed by atoms with van der Waals surface area (Å²) in [4.78, 5) is 12.1. The number of hydrogen-bond acceptors (Lipinski definition) is 4. The Morgan fingerprint density at radius 1 is 1.55 bits per heavy atom. The van der Waals surface area contributed by atoms with Crippen molar-refractivity contribution in [3.8, 4) is 0 Å². The van der Waals surface area contributed by atoms with Gasteiger partial charge in [0.1, 0.15) is 5.76 Å². The van der Waals surface area contributed by atoms with Crippen LogP contribution in [0, 0.1) is 5.92 Å². The molecule has 1 saturated heterocycles. The lowest BCUT2D eigenvalue weighted by atomic mass is 9.99. The summed E-state index contributed by atoms with van der Waals surface area (Å²) in [5.41, 5.74) is 0. The van der Waals surface area contributed by atoms with Crippen molar-refractivity contribution in [3.63, 3.8) is 0 Å². The van der Waals surface area contributed by atoms with Crippen LogP contribution in [-0.2, 0) is 21.4 Å². The van der Waals surface area contributed by atoms with Crippen molar-refractivity contribution < 1.29 is 17.6 Å². The third-order valence-corrected chi connectivity index (χ3v) is 5.38. The Morgan fingerprint density at radius 2 is 2.35 bits per heavy atom. The van der Waals surface area contributed by atoms with Crippen LogP contribution in [-0.4, -0.2) is 37.5 Å². The molecule has 1 aliphatic heterocycles. The van der Waals surface area contributed by atoms with Crippen LogP contribution in [0.25, 0.3) is 0 Å². The molecule has 6 nitrogen and oxygen atoms in total. The van der Waals surface area contributed by atoms with Crippen LogP contribution in [0.2, 0.25) is 0 Å². The number of carbonyl (C=O) groups excluding carboxylic acids is 1. The summed E-state index contributed by atoms with van der Waals surface area (Å²) in [6.07, 6.45) is 3.00. The Hall–Kier alpha value is -1.34. The first-order valence-electron chi connectivity index (χ1n) is 6.81. The largest absolute Gasteiger partial charge is 0.467 e. The van der Waals surface area contributed by atoms with E-state index < -0.39 is 10.0 Å². The van der Waals surface area contributed by atoms with E-state index in [1.54, 1.807) is 25.3 Å². The second kappa shape index (κ2) is 6.41. The van der Waals surface area contributed by atoms with Crippen LogP contribution in [0.5, 0.6) is 0 Å². The lowest BCUT2D eigenvalue weighted by Gasteiger charge is -2.30. The summed E-state index contributed by atoms with van der Waals surface area (Å²) in [6.45, 7) is 2.75. The Morgan fingerprint density at radius 3 is 3.00 bits per heavy atom. The minimum Gasteiger partial charge on any atom is -0.467 e. The van der Waals surface area contributed by atoms with Crippen LogP contribution in [0.4, 0.5) is 0 Å². The van der Waals surface area contributed by atoms with E-state index in [1.165, 1.54) is 4.31 Å². The molecule has 0 spiro atoms. The highest BCUT2D eigenvalue weighted by atomic mass is 32.2. The summed E-state index contributed by atoms with van der Waals surface area (Å²) >= 11 is 0. The van der Waals surface area contributed by atoms with Crippen LogP contribution < -0.4 is 5.32 Å². The second-order valence-corrected chi connectivity index (χ2v) is 7.15. The van der Waals surface area contributed by atoms with E-state index in [-0.39, 0.29) is 24.1 Å². The average molecular weight is 300 g/mol. The van der Waals surface area contributed by atoms with Gasteiger partial charge in [-0.2, -0.15) is 0 Å². The first-order chi connectivity index (χ1) is 9.53. The molecule has 1 aliphatic rings. The van der Waals surface area contributed by atoms with E-state index >= 15 is 0 Å². The number of hydrogen-bond donors (Lipinski definition) is 1. The van der Waals surface area contributed by atoms with Crippen LogP contribution >= 0.6 is 0 Å². The quantitative estimate of drug-likeness (QED) is 0.878. The molecular weight excluding hydrogens is 280 g/mol. The molecule has 0 bridgehead atoms. The number of nitrogens with one attached hydrogen (secondary N) is 1. The maximum Gasteiger partial charge on any atom is 0.224 e. The molecule has 112 valence electrons. The molecule has 2 rings (SSSR count). The molecule has 1 fully saturated rings.